The minimum absolute atomic E-state index is 0.391. The third-order valence-corrected chi connectivity index (χ3v) is 3.36. The Morgan fingerprint density at radius 1 is 1.27 bits per heavy atom. The van der Waals surface area contributed by atoms with Gasteiger partial charge in [0.2, 0.25) is 0 Å². The Bertz CT molecular complexity index is 488. The van der Waals surface area contributed by atoms with E-state index in [-0.39, 0.29) is 0 Å². The van der Waals surface area contributed by atoms with Crippen LogP contribution in [-0.4, -0.2) is 5.24 Å². The number of hydrogen-bond donors (Lipinski definition) is 0. The maximum Gasteiger partial charge on any atom is 0.253 e. The maximum atomic E-state index is 11.2. The molecule has 0 atom stereocenters. The van der Waals surface area contributed by atoms with Gasteiger partial charge in [0.25, 0.3) is 5.24 Å². The third kappa shape index (κ3) is 1.96. The van der Waals surface area contributed by atoms with Crippen LogP contribution < -0.4 is 0 Å². The molecule has 1 aromatic heterocycles. The molecule has 0 N–H and O–H groups in total. The molecule has 0 fully saturated rings. The second-order valence-electron chi connectivity index (χ2n) is 3.22. The van der Waals surface area contributed by atoms with Gasteiger partial charge in [-0.25, -0.2) is 0 Å². The lowest BCUT2D eigenvalue weighted by Crippen LogP contribution is -1.89. The predicted octanol–water partition coefficient (Wildman–Crippen LogP) is 4.10. The summed E-state index contributed by atoms with van der Waals surface area (Å²) in [5.74, 6) is 0. The van der Waals surface area contributed by atoms with Gasteiger partial charge in [0.1, 0.15) is 0 Å². The Hall–Kier alpha value is -1.12. The largest absolute Gasteiger partial charge is 0.276 e. The summed E-state index contributed by atoms with van der Waals surface area (Å²) < 4.78 is 0. The molecule has 0 saturated heterocycles. The summed E-state index contributed by atoms with van der Waals surface area (Å²) in [7, 11) is 0. The van der Waals surface area contributed by atoms with Gasteiger partial charge in [-0.15, -0.1) is 11.3 Å². The number of halogens is 1. The van der Waals surface area contributed by atoms with E-state index in [2.05, 4.69) is 0 Å². The van der Waals surface area contributed by atoms with E-state index >= 15 is 0 Å². The van der Waals surface area contributed by atoms with E-state index in [1.54, 1.807) is 11.3 Å². The second-order valence-corrected chi connectivity index (χ2v) is 4.65. The highest BCUT2D eigenvalue weighted by Crippen LogP contribution is 2.32. The number of hydrogen-bond acceptors (Lipinski definition) is 2. The first kappa shape index (κ1) is 10.4. The van der Waals surface area contributed by atoms with Crippen LogP contribution in [0.2, 0.25) is 0 Å². The molecule has 76 valence electrons. The first-order chi connectivity index (χ1) is 7.20. The number of carbonyl (C=O) groups is 1. The zero-order valence-electron chi connectivity index (χ0n) is 8.16. The highest BCUT2D eigenvalue weighted by atomic mass is 35.5. The molecule has 2 rings (SSSR count). The van der Waals surface area contributed by atoms with E-state index in [4.69, 9.17) is 11.6 Å². The number of benzene rings is 1. The van der Waals surface area contributed by atoms with Gasteiger partial charge in [-0.3, -0.25) is 4.79 Å². The third-order valence-electron chi connectivity index (χ3n) is 2.25. The fraction of sp³-hybridized carbons (Fsp3) is 0.0833. The van der Waals surface area contributed by atoms with Crippen molar-refractivity contribution in [1.82, 2.24) is 0 Å². The van der Waals surface area contributed by atoms with Crippen molar-refractivity contribution in [2.75, 3.05) is 0 Å². The molecule has 1 nitrogen and oxygen atoms in total. The van der Waals surface area contributed by atoms with Crippen molar-refractivity contribution in [1.29, 1.82) is 0 Å². The van der Waals surface area contributed by atoms with Crippen molar-refractivity contribution >= 4 is 28.2 Å². The first-order valence-electron chi connectivity index (χ1n) is 4.53. The minimum Gasteiger partial charge on any atom is -0.276 e. The van der Waals surface area contributed by atoms with Gasteiger partial charge in [-0.1, -0.05) is 30.3 Å². The van der Waals surface area contributed by atoms with Crippen LogP contribution in [0.15, 0.2) is 35.7 Å². The molecule has 0 unspecified atom stereocenters. The zero-order chi connectivity index (χ0) is 10.8. The van der Waals surface area contributed by atoms with E-state index in [9.17, 15) is 4.79 Å². The number of aryl methyl sites for hydroxylation is 1. The molecule has 2 aromatic rings. The Morgan fingerprint density at radius 3 is 2.53 bits per heavy atom. The molecule has 0 aliphatic rings. The van der Waals surface area contributed by atoms with Crippen molar-refractivity contribution in [2.45, 2.75) is 6.92 Å². The topological polar surface area (TPSA) is 17.1 Å². The summed E-state index contributed by atoms with van der Waals surface area (Å²) in [6.45, 7) is 2.00. The lowest BCUT2D eigenvalue weighted by atomic mass is 10.0. The van der Waals surface area contributed by atoms with E-state index < -0.39 is 5.24 Å². The average molecular weight is 237 g/mol. The molecule has 3 heteroatoms. The zero-order valence-corrected chi connectivity index (χ0v) is 9.73. The average Bonchev–Trinajstić information content (AvgIpc) is 2.61. The summed E-state index contributed by atoms with van der Waals surface area (Å²) in [6, 6.07) is 9.83. The Morgan fingerprint density at radius 2 is 1.93 bits per heavy atom. The first-order valence-corrected chi connectivity index (χ1v) is 5.79. The fourth-order valence-corrected chi connectivity index (χ4v) is 2.64. The summed E-state index contributed by atoms with van der Waals surface area (Å²) in [5, 5.41) is 1.42. The quantitative estimate of drug-likeness (QED) is 0.718. The molecule has 0 spiro atoms. The maximum absolute atomic E-state index is 11.2. The molecular weight excluding hydrogens is 228 g/mol. The Labute approximate surface area is 97.3 Å². The number of carbonyl (C=O) groups excluding carboxylic acids is 1. The highest BCUT2D eigenvalue weighted by molar-refractivity contribution is 7.11. The van der Waals surface area contributed by atoms with Crippen molar-refractivity contribution in [3.63, 3.8) is 0 Å². The van der Waals surface area contributed by atoms with Gasteiger partial charge in [0.05, 0.1) is 5.56 Å². The van der Waals surface area contributed by atoms with Crippen LogP contribution in [-0.2, 0) is 0 Å². The van der Waals surface area contributed by atoms with Gasteiger partial charge >= 0.3 is 0 Å². The van der Waals surface area contributed by atoms with Crippen LogP contribution in [0.5, 0.6) is 0 Å². The van der Waals surface area contributed by atoms with Crippen molar-refractivity contribution in [3.8, 4) is 11.1 Å². The molecule has 0 aliphatic carbocycles. The Balaban J connectivity index is 2.62. The van der Waals surface area contributed by atoms with Gasteiger partial charge in [-0.05, 0) is 24.1 Å². The smallest absolute Gasteiger partial charge is 0.253 e. The Kier molecular flexibility index (Phi) is 2.89. The summed E-state index contributed by atoms with van der Waals surface area (Å²) in [5.41, 5.74) is 2.60. The molecule has 15 heavy (non-hydrogen) atoms. The molecular formula is C12H9ClOS. The molecule has 1 heterocycles. The van der Waals surface area contributed by atoms with Crippen LogP contribution in [0.4, 0.5) is 0 Å². The van der Waals surface area contributed by atoms with Crippen LogP contribution >= 0.6 is 22.9 Å². The van der Waals surface area contributed by atoms with Crippen LogP contribution in [0.1, 0.15) is 15.2 Å². The predicted molar refractivity (Wildman–Crippen MR) is 64.7 cm³/mol. The fourth-order valence-electron chi connectivity index (χ4n) is 1.56. The van der Waals surface area contributed by atoms with E-state index in [0.717, 1.165) is 16.0 Å². The molecule has 0 bridgehead atoms. The highest BCUT2D eigenvalue weighted by Gasteiger charge is 2.14. The van der Waals surface area contributed by atoms with Gasteiger partial charge in [0, 0.05) is 15.8 Å². The summed E-state index contributed by atoms with van der Waals surface area (Å²) >= 11 is 7.09. The number of rotatable bonds is 2. The van der Waals surface area contributed by atoms with E-state index in [0.29, 0.717) is 5.56 Å². The monoisotopic (exact) mass is 236 g/mol. The summed E-state index contributed by atoms with van der Waals surface area (Å²) in [6.07, 6.45) is 0. The molecule has 0 saturated carbocycles. The van der Waals surface area contributed by atoms with Crippen molar-refractivity contribution in [2.24, 2.45) is 0 Å². The lowest BCUT2D eigenvalue weighted by molar-refractivity contribution is 0.108. The van der Waals surface area contributed by atoms with E-state index in [1.807, 2.05) is 42.6 Å². The van der Waals surface area contributed by atoms with Crippen LogP contribution in [0.3, 0.4) is 0 Å². The van der Waals surface area contributed by atoms with Gasteiger partial charge in [0.15, 0.2) is 0 Å². The van der Waals surface area contributed by atoms with E-state index in [1.165, 1.54) is 0 Å². The van der Waals surface area contributed by atoms with Gasteiger partial charge in [-0.2, -0.15) is 0 Å². The summed E-state index contributed by atoms with van der Waals surface area (Å²) in [4.78, 5) is 12.3. The minimum atomic E-state index is -0.391. The lowest BCUT2D eigenvalue weighted by Gasteiger charge is -2.02. The molecule has 0 amide bonds. The van der Waals surface area contributed by atoms with Crippen molar-refractivity contribution in [3.05, 3.63) is 46.2 Å². The molecule has 0 radical (unpaired) electrons. The SMILES string of the molecule is Cc1scc(C(=O)Cl)c1-c1ccccc1. The normalized spacial score (nSPS) is 10.3. The van der Waals surface area contributed by atoms with Crippen LogP contribution in [0, 0.1) is 6.92 Å². The molecule has 1 aromatic carbocycles. The molecule has 0 aliphatic heterocycles. The number of thiophene rings is 1. The van der Waals surface area contributed by atoms with Gasteiger partial charge < -0.3 is 0 Å². The standard InChI is InChI=1S/C12H9ClOS/c1-8-11(9-5-3-2-4-6-9)10(7-15-8)12(13)14/h2-7H,1H3. The van der Waals surface area contributed by atoms with Crippen molar-refractivity contribution < 1.29 is 4.79 Å². The second kappa shape index (κ2) is 4.17. The van der Waals surface area contributed by atoms with Crippen LogP contribution in [0.25, 0.3) is 11.1 Å².